The van der Waals surface area contributed by atoms with Crippen molar-refractivity contribution in [1.82, 2.24) is 4.90 Å². The summed E-state index contributed by atoms with van der Waals surface area (Å²) in [5.41, 5.74) is 1.14. The molecule has 0 atom stereocenters. The molecule has 2 aliphatic heterocycles. The Morgan fingerprint density at radius 2 is 2.56 bits per heavy atom. The van der Waals surface area contributed by atoms with Crippen LogP contribution in [-0.4, -0.2) is 11.4 Å². The van der Waals surface area contributed by atoms with Crippen LogP contribution in [0.4, 0.5) is 0 Å². The quantitative estimate of drug-likeness (QED) is 0.477. The number of hydrogen-bond acceptors (Lipinski definition) is 2. The average molecular weight is 121 g/mol. The van der Waals surface area contributed by atoms with Gasteiger partial charge in [0.15, 0.2) is 0 Å². The van der Waals surface area contributed by atoms with Crippen LogP contribution in [0.3, 0.4) is 0 Å². The third kappa shape index (κ3) is 0.633. The maximum absolute atomic E-state index is 4.95. The van der Waals surface area contributed by atoms with E-state index in [1.165, 1.54) is 0 Å². The van der Waals surface area contributed by atoms with Crippen LogP contribution >= 0.6 is 0 Å². The van der Waals surface area contributed by atoms with Gasteiger partial charge < -0.3 is 9.64 Å². The standard InChI is InChI=1S/C7H7NO/c1-2-7-6-9-5-4-8(7)3-1/h1-2,4-6H,3H2. The zero-order valence-electron chi connectivity index (χ0n) is 4.95. The smallest absolute Gasteiger partial charge is 0.114 e. The molecule has 0 N–H and O–H groups in total. The zero-order valence-corrected chi connectivity index (χ0v) is 4.95. The van der Waals surface area contributed by atoms with E-state index in [0.29, 0.717) is 0 Å². The minimum absolute atomic E-state index is 0.978. The Balaban J connectivity index is 2.29. The van der Waals surface area contributed by atoms with E-state index in [0.717, 1.165) is 12.2 Å². The van der Waals surface area contributed by atoms with Crippen LogP contribution in [0.1, 0.15) is 0 Å². The van der Waals surface area contributed by atoms with Crippen LogP contribution in [0.15, 0.2) is 36.6 Å². The minimum Gasteiger partial charge on any atom is -0.469 e. The molecule has 0 fully saturated rings. The Bertz CT molecular complexity index is 203. The first-order valence-electron chi connectivity index (χ1n) is 2.92. The monoisotopic (exact) mass is 121 g/mol. The van der Waals surface area contributed by atoms with E-state index >= 15 is 0 Å². The van der Waals surface area contributed by atoms with E-state index in [1.807, 2.05) is 12.3 Å². The molecule has 0 spiro atoms. The topological polar surface area (TPSA) is 12.5 Å². The van der Waals surface area contributed by atoms with Gasteiger partial charge in [0.05, 0.1) is 5.70 Å². The second kappa shape index (κ2) is 1.65. The molecule has 2 aliphatic rings. The van der Waals surface area contributed by atoms with Crippen LogP contribution < -0.4 is 0 Å². The van der Waals surface area contributed by atoms with Gasteiger partial charge in [-0.25, -0.2) is 0 Å². The molecule has 2 heterocycles. The number of nitrogens with zero attached hydrogens (tertiary/aromatic N) is 1. The molecule has 0 saturated carbocycles. The average Bonchev–Trinajstić information content (AvgIpc) is 2.33. The van der Waals surface area contributed by atoms with Gasteiger partial charge in [0.25, 0.3) is 0 Å². The van der Waals surface area contributed by atoms with Crippen LogP contribution in [0, 0.1) is 0 Å². The number of fused-ring (bicyclic) bond motifs is 1. The van der Waals surface area contributed by atoms with Gasteiger partial charge in [0, 0.05) is 12.7 Å². The fourth-order valence-electron chi connectivity index (χ4n) is 0.960. The van der Waals surface area contributed by atoms with Gasteiger partial charge in [-0.1, -0.05) is 6.08 Å². The van der Waals surface area contributed by atoms with E-state index in [-0.39, 0.29) is 0 Å². The molecule has 0 aromatic carbocycles. The van der Waals surface area contributed by atoms with Gasteiger partial charge in [-0.3, -0.25) is 0 Å². The molecule has 2 nitrogen and oxygen atoms in total. The molecule has 0 amide bonds. The Labute approximate surface area is 53.7 Å². The highest BCUT2D eigenvalue weighted by Crippen LogP contribution is 2.16. The molecule has 2 rings (SSSR count). The Morgan fingerprint density at radius 3 is 3.44 bits per heavy atom. The van der Waals surface area contributed by atoms with Crippen molar-refractivity contribution in [3.63, 3.8) is 0 Å². The van der Waals surface area contributed by atoms with Crippen molar-refractivity contribution in [3.8, 4) is 0 Å². The first-order valence-corrected chi connectivity index (χ1v) is 2.92. The third-order valence-electron chi connectivity index (χ3n) is 1.43. The molecule has 0 bridgehead atoms. The van der Waals surface area contributed by atoms with E-state index in [9.17, 15) is 0 Å². The van der Waals surface area contributed by atoms with E-state index in [2.05, 4.69) is 11.0 Å². The van der Waals surface area contributed by atoms with E-state index < -0.39 is 0 Å². The minimum atomic E-state index is 0.978. The van der Waals surface area contributed by atoms with Crippen molar-refractivity contribution in [2.75, 3.05) is 6.54 Å². The Morgan fingerprint density at radius 1 is 1.56 bits per heavy atom. The lowest BCUT2D eigenvalue weighted by atomic mass is 10.4. The summed E-state index contributed by atoms with van der Waals surface area (Å²) in [6.07, 6.45) is 9.49. The van der Waals surface area contributed by atoms with Crippen LogP contribution in [0.5, 0.6) is 0 Å². The molecule has 46 valence electrons. The SMILES string of the molecule is C1=CC2=COC=CN2C1. The lowest BCUT2D eigenvalue weighted by molar-refractivity contribution is 0.347. The van der Waals surface area contributed by atoms with Crippen molar-refractivity contribution >= 4 is 0 Å². The number of rotatable bonds is 0. The largest absolute Gasteiger partial charge is 0.469 e. The van der Waals surface area contributed by atoms with Crippen molar-refractivity contribution in [3.05, 3.63) is 36.6 Å². The lowest BCUT2D eigenvalue weighted by Crippen LogP contribution is -2.12. The number of ether oxygens (including phenoxy) is 1. The highest BCUT2D eigenvalue weighted by atomic mass is 16.5. The normalized spacial score (nSPS) is 21.3. The maximum atomic E-state index is 4.95. The van der Waals surface area contributed by atoms with Gasteiger partial charge >= 0.3 is 0 Å². The summed E-state index contributed by atoms with van der Waals surface area (Å²) >= 11 is 0. The highest BCUT2D eigenvalue weighted by molar-refractivity contribution is 5.26. The van der Waals surface area contributed by atoms with E-state index in [1.54, 1.807) is 12.5 Å². The summed E-state index contributed by atoms with van der Waals surface area (Å²) in [6.45, 7) is 0.978. The van der Waals surface area contributed by atoms with Crippen LogP contribution in [0.2, 0.25) is 0 Å². The van der Waals surface area contributed by atoms with Gasteiger partial charge in [-0.15, -0.1) is 0 Å². The van der Waals surface area contributed by atoms with Gasteiger partial charge in [0.1, 0.15) is 12.5 Å². The second-order valence-corrected chi connectivity index (χ2v) is 2.02. The van der Waals surface area contributed by atoms with Crippen molar-refractivity contribution in [2.45, 2.75) is 0 Å². The first kappa shape index (κ1) is 4.68. The fraction of sp³-hybridized carbons (Fsp3) is 0.143. The summed E-state index contributed by atoms with van der Waals surface area (Å²) < 4.78 is 4.95. The summed E-state index contributed by atoms with van der Waals surface area (Å²) in [5.74, 6) is 0. The predicted molar refractivity (Wildman–Crippen MR) is 34.2 cm³/mol. The molecular formula is C7H7NO. The van der Waals surface area contributed by atoms with Gasteiger partial charge in [-0.05, 0) is 6.08 Å². The molecule has 0 radical (unpaired) electrons. The predicted octanol–water partition coefficient (Wildman–Crippen LogP) is 1.20. The Hall–Kier alpha value is -1.18. The fourth-order valence-corrected chi connectivity index (χ4v) is 0.960. The molecule has 2 heteroatoms. The lowest BCUT2D eigenvalue weighted by Gasteiger charge is -2.16. The van der Waals surface area contributed by atoms with E-state index in [4.69, 9.17) is 4.74 Å². The molecule has 0 aromatic heterocycles. The summed E-state index contributed by atoms with van der Waals surface area (Å²) in [5, 5.41) is 0. The number of allylic oxidation sites excluding steroid dienone is 1. The van der Waals surface area contributed by atoms with Crippen molar-refractivity contribution in [2.24, 2.45) is 0 Å². The molecule has 0 aromatic rings. The maximum Gasteiger partial charge on any atom is 0.114 e. The zero-order chi connectivity index (χ0) is 6.10. The Kier molecular flexibility index (Phi) is 0.859. The highest BCUT2D eigenvalue weighted by Gasteiger charge is 2.10. The molecule has 0 aliphatic carbocycles. The molecule has 0 saturated heterocycles. The second-order valence-electron chi connectivity index (χ2n) is 2.02. The number of hydrogen-bond donors (Lipinski definition) is 0. The first-order chi connectivity index (χ1) is 4.47. The van der Waals surface area contributed by atoms with Crippen molar-refractivity contribution < 1.29 is 4.74 Å². The summed E-state index contributed by atoms with van der Waals surface area (Å²) in [6, 6.07) is 0. The molecule has 9 heavy (non-hydrogen) atoms. The van der Waals surface area contributed by atoms with Gasteiger partial charge in [-0.2, -0.15) is 0 Å². The van der Waals surface area contributed by atoms with Gasteiger partial charge in [0.2, 0.25) is 0 Å². The summed E-state index contributed by atoms with van der Waals surface area (Å²) in [7, 11) is 0. The van der Waals surface area contributed by atoms with Crippen LogP contribution in [-0.2, 0) is 4.74 Å². The summed E-state index contributed by atoms with van der Waals surface area (Å²) in [4.78, 5) is 2.11. The molecular weight excluding hydrogens is 114 g/mol. The van der Waals surface area contributed by atoms with Crippen LogP contribution in [0.25, 0.3) is 0 Å². The molecule has 0 unspecified atom stereocenters. The third-order valence-corrected chi connectivity index (χ3v) is 1.43. The van der Waals surface area contributed by atoms with Crippen molar-refractivity contribution in [1.29, 1.82) is 0 Å².